The van der Waals surface area contributed by atoms with Crippen LogP contribution in [0.3, 0.4) is 0 Å². The second kappa shape index (κ2) is 4.73. The van der Waals surface area contributed by atoms with Crippen LogP contribution in [-0.4, -0.2) is 18.3 Å². The van der Waals surface area contributed by atoms with E-state index in [0.717, 1.165) is 0 Å². The number of nitro groups is 1. The number of nitrogens with zero attached hydrogens (tertiary/aromatic N) is 2. The van der Waals surface area contributed by atoms with Gasteiger partial charge in [0.05, 0.1) is 10.5 Å². The van der Waals surface area contributed by atoms with Gasteiger partial charge in [0, 0.05) is 6.07 Å². The zero-order valence-corrected chi connectivity index (χ0v) is 10.8. The third-order valence-electron chi connectivity index (χ3n) is 1.65. The van der Waals surface area contributed by atoms with Crippen LogP contribution < -0.4 is 5.14 Å². The molecule has 0 radical (unpaired) electrons. The van der Waals surface area contributed by atoms with Gasteiger partial charge in [-0.05, 0) is 22.6 Å². The van der Waals surface area contributed by atoms with Crippen molar-refractivity contribution in [1.82, 2.24) is 4.98 Å². The Morgan fingerprint density at radius 2 is 2.06 bits per heavy atom. The Morgan fingerprint density at radius 3 is 2.41 bits per heavy atom. The van der Waals surface area contributed by atoms with Crippen molar-refractivity contribution >= 4 is 38.3 Å². The van der Waals surface area contributed by atoms with E-state index in [4.69, 9.17) is 5.14 Å². The van der Waals surface area contributed by atoms with Gasteiger partial charge >= 0.3 is 5.69 Å². The molecule has 0 bridgehead atoms. The average Bonchev–Trinajstić information content (AvgIpc) is 2.14. The molecule has 2 N–H and O–H groups in total. The van der Waals surface area contributed by atoms with Crippen LogP contribution in [0.2, 0.25) is 0 Å². The molecular formula is C6H4F2IN3O4S. The van der Waals surface area contributed by atoms with Gasteiger partial charge < -0.3 is 0 Å². The molecule has 1 aromatic rings. The SMILES string of the molecule is NS(=O)(=O)c1nc(I)c(C(F)F)cc1[N+](=O)[O-]. The van der Waals surface area contributed by atoms with E-state index in [1.54, 1.807) is 0 Å². The van der Waals surface area contributed by atoms with Crippen LogP contribution >= 0.6 is 22.6 Å². The van der Waals surface area contributed by atoms with Gasteiger partial charge in [0.1, 0.15) is 3.70 Å². The lowest BCUT2D eigenvalue weighted by Gasteiger charge is -2.05. The topological polar surface area (TPSA) is 116 Å². The molecule has 1 aromatic heterocycles. The molecule has 0 saturated heterocycles. The Morgan fingerprint density at radius 1 is 1.53 bits per heavy atom. The van der Waals surface area contributed by atoms with Crippen molar-refractivity contribution < 1.29 is 22.1 Å². The highest BCUT2D eigenvalue weighted by atomic mass is 127. The van der Waals surface area contributed by atoms with Crippen molar-refractivity contribution in [1.29, 1.82) is 0 Å². The third kappa shape index (κ3) is 3.04. The maximum absolute atomic E-state index is 12.5. The molecule has 11 heteroatoms. The lowest BCUT2D eigenvalue weighted by atomic mass is 10.3. The Hall–Kier alpha value is -0.950. The summed E-state index contributed by atoms with van der Waals surface area (Å²) in [7, 11) is -4.45. The highest BCUT2D eigenvalue weighted by molar-refractivity contribution is 14.1. The molecule has 0 spiro atoms. The highest BCUT2D eigenvalue weighted by Crippen LogP contribution is 2.30. The molecule has 0 aliphatic heterocycles. The van der Waals surface area contributed by atoms with Crippen LogP contribution in [0.15, 0.2) is 11.1 Å². The molecule has 0 amide bonds. The van der Waals surface area contributed by atoms with Crippen LogP contribution in [0.1, 0.15) is 12.0 Å². The first kappa shape index (κ1) is 14.1. The van der Waals surface area contributed by atoms with E-state index in [9.17, 15) is 27.3 Å². The van der Waals surface area contributed by atoms with Gasteiger partial charge in [0.25, 0.3) is 16.4 Å². The standard InChI is InChI=1S/C6H4F2IN3O4S/c7-4(8)2-1-3(12(13)14)6(11-5(2)9)17(10,15)16/h1,4H,(H2,10,15,16). The summed E-state index contributed by atoms with van der Waals surface area (Å²) in [6.07, 6.45) is -3.00. The molecule has 1 heterocycles. The summed E-state index contributed by atoms with van der Waals surface area (Å²) in [5, 5.41) is 14.2. The number of hydrogen-bond acceptors (Lipinski definition) is 5. The Labute approximate surface area is 107 Å². The Kier molecular flexibility index (Phi) is 3.93. The molecule has 0 fully saturated rings. The van der Waals surface area contributed by atoms with Crippen molar-refractivity contribution in [3.05, 3.63) is 25.4 Å². The van der Waals surface area contributed by atoms with Crippen LogP contribution in [0.25, 0.3) is 0 Å². The van der Waals surface area contributed by atoms with E-state index < -0.39 is 37.6 Å². The van der Waals surface area contributed by atoms with E-state index in [2.05, 4.69) is 4.98 Å². The predicted molar refractivity (Wildman–Crippen MR) is 59.9 cm³/mol. The minimum atomic E-state index is -4.45. The Bertz CT molecular complexity index is 577. The van der Waals surface area contributed by atoms with E-state index >= 15 is 0 Å². The van der Waals surface area contributed by atoms with Gasteiger partial charge in [-0.15, -0.1) is 0 Å². The fourth-order valence-corrected chi connectivity index (χ4v) is 2.41. The number of nitrogens with two attached hydrogens (primary N) is 1. The first-order chi connectivity index (χ1) is 7.64. The highest BCUT2D eigenvalue weighted by Gasteiger charge is 2.29. The molecule has 0 aliphatic rings. The third-order valence-corrected chi connectivity index (χ3v) is 3.35. The quantitative estimate of drug-likeness (QED) is 0.366. The number of pyridine rings is 1. The summed E-state index contributed by atoms with van der Waals surface area (Å²) < 4.78 is 46.6. The first-order valence-electron chi connectivity index (χ1n) is 3.80. The molecule has 1 rings (SSSR count). The summed E-state index contributed by atoms with van der Waals surface area (Å²) in [6, 6.07) is 0.458. The number of alkyl halides is 2. The van der Waals surface area contributed by atoms with Gasteiger partial charge in [0.2, 0.25) is 5.03 Å². The monoisotopic (exact) mass is 379 g/mol. The molecule has 7 nitrogen and oxygen atoms in total. The van der Waals surface area contributed by atoms with Crippen molar-refractivity contribution in [2.24, 2.45) is 5.14 Å². The van der Waals surface area contributed by atoms with E-state index in [0.29, 0.717) is 6.07 Å². The van der Waals surface area contributed by atoms with Gasteiger partial charge in [-0.1, -0.05) is 0 Å². The predicted octanol–water partition coefficient (Wildman–Crippen LogP) is 1.18. The largest absolute Gasteiger partial charge is 0.308 e. The summed E-state index contributed by atoms with van der Waals surface area (Å²) >= 11 is 1.35. The van der Waals surface area contributed by atoms with Crippen LogP contribution in [-0.2, 0) is 10.0 Å². The first-order valence-corrected chi connectivity index (χ1v) is 6.43. The molecule has 0 saturated carbocycles. The van der Waals surface area contributed by atoms with Crippen LogP contribution in [0, 0.1) is 13.8 Å². The maximum atomic E-state index is 12.5. The minimum Gasteiger partial charge on any atom is -0.258 e. The lowest BCUT2D eigenvalue weighted by Crippen LogP contribution is -2.17. The zero-order chi connectivity index (χ0) is 13.4. The maximum Gasteiger partial charge on any atom is 0.308 e. The number of primary sulfonamides is 1. The van der Waals surface area contributed by atoms with Crippen molar-refractivity contribution in [3.8, 4) is 0 Å². The van der Waals surface area contributed by atoms with E-state index in [-0.39, 0.29) is 3.70 Å². The molecule has 0 atom stereocenters. The summed E-state index contributed by atoms with van der Waals surface area (Å²) in [5.74, 6) is 0. The van der Waals surface area contributed by atoms with E-state index in [1.165, 1.54) is 22.6 Å². The van der Waals surface area contributed by atoms with E-state index in [1.807, 2.05) is 0 Å². The molecule has 0 aromatic carbocycles. The normalized spacial score (nSPS) is 11.8. The average molecular weight is 379 g/mol. The van der Waals surface area contributed by atoms with Gasteiger partial charge in [0.15, 0.2) is 0 Å². The second-order valence-electron chi connectivity index (χ2n) is 2.80. The van der Waals surface area contributed by atoms with Gasteiger partial charge in [-0.2, -0.15) is 0 Å². The van der Waals surface area contributed by atoms with Gasteiger partial charge in [-0.3, -0.25) is 10.1 Å². The number of hydrogen-bond donors (Lipinski definition) is 1. The number of aromatic nitrogens is 1. The van der Waals surface area contributed by atoms with Crippen molar-refractivity contribution in [2.45, 2.75) is 11.5 Å². The summed E-state index contributed by atoms with van der Waals surface area (Å²) in [5.41, 5.74) is -1.78. The van der Waals surface area contributed by atoms with Gasteiger partial charge in [-0.25, -0.2) is 27.3 Å². The summed E-state index contributed by atoms with van der Waals surface area (Å²) in [6.45, 7) is 0. The van der Waals surface area contributed by atoms with Crippen LogP contribution in [0.5, 0.6) is 0 Å². The minimum absolute atomic E-state index is 0.354. The smallest absolute Gasteiger partial charge is 0.258 e. The van der Waals surface area contributed by atoms with Crippen LogP contribution in [0.4, 0.5) is 14.5 Å². The number of sulfonamides is 1. The molecule has 0 unspecified atom stereocenters. The molecular weight excluding hydrogens is 375 g/mol. The zero-order valence-electron chi connectivity index (χ0n) is 7.80. The second-order valence-corrected chi connectivity index (χ2v) is 5.29. The fourth-order valence-electron chi connectivity index (χ4n) is 0.973. The number of halogens is 3. The molecule has 0 aliphatic carbocycles. The Balaban J connectivity index is 3.65. The van der Waals surface area contributed by atoms with Crippen molar-refractivity contribution in [3.63, 3.8) is 0 Å². The molecule has 17 heavy (non-hydrogen) atoms. The van der Waals surface area contributed by atoms with Crippen molar-refractivity contribution in [2.75, 3.05) is 0 Å². The fraction of sp³-hybridized carbons (Fsp3) is 0.167. The summed E-state index contributed by atoms with van der Waals surface area (Å²) in [4.78, 5) is 12.7. The molecule has 94 valence electrons. The lowest BCUT2D eigenvalue weighted by molar-refractivity contribution is -0.388. The number of rotatable bonds is 3.